The van der Waals surface area contributed by atoms with Crippen LogP contribution >= 0.6 is 11.8 Å². The highest BCUT2D eigenvalue weighted by Crippen LogP contribution is 2.38. The van der Waals surface area contributed by atoms with Gasteiger partial charge in [0.05, 0.1) is 17.1 Å². The van der Waals surface area contributed by atoms with E-state index in [1.807, 2.05) is 48.5 Å². The highest BCUT2D eigenvalue weighted by atomic mass is 32.2. The fraction of sp³-hybridized carbons (Fsp3) is 0.0333. The minimum absolute atomic E-state index is 0.654. The average Bonchev–Trinajstić information content (AvgIpc) is 3.28. The van der Waals surface area contributed by atoms with E-state index in [9.17, 15) is 0 Å². The maximum absolute atomic E-state index is 5.14. The molecule has 0 spiro atoms. The monoisotopic (exact) mass is 442 g/mol. The molecule has 158 valence electrons. The van der Waals surface area contributed by atoms with Gasteiger partial charge in [0.2, 0.25) is 0 Å². The molecule has 0 N–H and O–H groups in total. The van der Waals surface area contributed by atoms with Crippen molar-refractivity contribution in [2.24, 2.45) is 0 Å². The zero-order valence-electron chi connectivity index (χ0n) is 18.1. The molecule has 0 saturated heterocycles. The smallest absolute Gasteiger partial charge is 0.174 e. The molecule has 2 nitrogen and oxygen atoms in total. The molecule has 1 heterocycles. The number of benzene rings is 4. The fourth-order valence-electron chi connectivity index (χ4n) is 3.73. The van der Waals surface area contributed by atoms with Gasteiger partial charge >= 0.3 is 0 Å². The summed E-state index contributed by atoms with van der Waals surface area (Å²) in [6.07, 6.45) is 0. The summed E-state index contributed by atoms with van der Waals surface area (Å²) in [5.74, 6) is 7.20. The van der Waals surface area contributed by atoms with Gasteiger partial charge in [0.1, 0.15) is 0 Å². The Bertz CT molecular complexity index is 1380. The SMILES string of the molecule is C(#Cc1ccccc1)CSc1nc(-c2ccccc2)c(-c2ccccc2)n1-c1ccccc1. The summed E-state index contributed by atoms with van der Waals surface area (Å²) in [7, 11) is 0. The highest BCUT2D eigenvalue weighted by Gasteiger charge is 2.21. The Morgan fingerprint density at radius 1 is 0.636 bits per heavy atom. The van der Waals surface area contributed by atoms with Gasteiger partial charge < -0.3 is 0 Å². The lowest BCUT2D eigenvalue weighted by Crippen LogP contribution is -1.99. The van der Waals surface area contributed by atoms with Crippen LogP contribution in [0.3, 0.4) is 0 Å². The van der Waals surface area contributed by atoms with Crippen molar-refractivity contribution in [2.45, 2.75) is 5.16 Å². The summed E-state index contributed by atoms with van der Waals surface area (Å²) in [6.45, 7) is 0. The minimum Gasteiger partial charge on any atom is -0.287 e. The third-order valence-electron chi connectivity index (χ3n) is 5.24. The molecule has 0 atom stereocenters. The second-order valence-corrected chi connectivity index (χ2v) is 8.39. The Labute approximate surface area is 199 Å². The van der Waals surface area contributed by atoms with Crippen LogP contribution in [0.2, 0.25) is 0 Å². The van der Waals surface area contributed by atoms with Crippen LogP contribution in [-0.4, -0.2) is 15.3 Å². The molecule has 0 fully saturated rings. The lowest BCUT2D eigenvalue weighted by molar-refractivity contribution is 0.902. The third-order valence-corrected chi connectivity index (χ3v) is 6.06. The van der Waals surface area contributed by atoms with Crippen molar-refractivity contribution >= 4 is 11.8 Å². The second kappa shape index (κ2) is 10.1. The molecule has 5 aromatic rings. The quantitative estimate of drug-likeness (QED) is 0.209. The summed E-state index contributed by atoms with van der Waals surface area (Å²) < 4.78 is 2.26. The van der Waals surface area contributed by atoms with Gasteiger partial charge in [0.25, 0.3) is 0 Å². The van der Waals surface area contributed by atoms with Crippen LogP contribution in [-0.2, 0) is 0 Å². The third kappa shape index (κ3) is 4.77. The molecule has 0 aliphatic heterocycles. The number of nitrogens with zero attached hydrogens (tertiary/aromatic N) is 2. The molecule has 0 saturated carbocycles. The first-order valence-corrected chi connectivity index (χ1v) is 11.8. The van der Waals surface area contributed by atoms with Gasteiger partial charge in [-0.15, -0.1) is 0 Å². The van der Waals surface area contributed by atoms with Crippen molar-refractivity contribution in [3.63, 3.8) is 0 Å². The van der Waals surface area contributed by atoms with Crippen LogP contribution in [0.5, 0.6) is 0 Å². The zero-order valence-corrected chi connectivity index (χ0v) is 18.9. The van der Waals surface area contributed by atoms with E-state index in [0.717, 1.165) is 38.9 Å². The summed E-state index contributed by atoms with van der Waals surface area (Å²) in [4.78, 5) is 5.14. The Kier molecular flexibility index (Phi) is 6.38. The molecule has 0 radical (unpaired) electrons. The first kappa shape index (κ1) is 20.9. The maximum Gasteiger partial charge on any atom is 0.174 e. The summed E-state index contributed by atoms with van der Waals surface area (Å²) in [6, 6.07) is 41.4. The predicted molar refractivity (Wildman–Crippen MR) is 138 cm³/mol. The van der Waals surface area contributed by atoms with E-state index in [0.29, 0.717) is 5.75 Å². The van der Waals surface area contributed by atoms with Crippen LogP contribution in [0.1, 0.15) is 5.56 Å². The lowest BCUT2D eigenvalue weighted by Gasteiger charge is -2.12. The molecule has 5 rings (SSSR count). The number of para-hydroxylation sites is 1. The van der Waals surface area contributed by atoms with Gasteiger partial charge in [-0.1, -0.05) is 121 Å². The first-order valence-electron chi connectivity index (χ1n) is 10.9. The van der Waals surface area contributed by atoms with E-state index >= 15 is 0 Å². The molecule has 33 heavy (non-hydrogen) atoms. The molecule has 1 aromatic heterocycles. The van der Waals surface area contributed by atoms with Crippen LogP contribution in [0.15, 0.2) is 126 Å². The Morgan fingerprint density at radius 3 is 1.82 bits per heavy atom. The van der Waals surface area contributed by atoms with Gasteiger partial charge in [-0.05, 0) is 24.3 Å². The molecule has 4 aromatic carbocycles. The van der Waals surface area contributed by atoms with Crippen molar-refractivity contribution in [1.29, 1.82) is 0 Å². The largest absolute Gasteiger partial charge is 0.287 e. The summed E-state index contributed by atoms with van der Waals surface area (Å²) >= 11 is 1.66. The molecule has 3 heteroatoms. The van der Waals surface area contributed by atoms with Gasteiger partial charge in [-0.25, -0.2) is 4.98 Å². The Hall–Kier alpha value is -4.00. The van der Waals surface area contributed by atoms with E-state index in [1.165, 1.54) is 0 Å². The number of aromatic nitrogens is 2. The van der Waals surface area contributed by atoms with Crippen LogP contribution in [0.25, 0.3) is 28.2 Å². The topological polar surface area (TPSA) is 17.8 Å². The molecule has 0 aliphatic carbocycles. The number of rotatable bonds is 5. The summed E-state index contributed by atoms with van der Waals surface area (Å²) in [5.41, 5.74) is 6.41. The van der Waals surface area contributed by atoms with Crippen LogP contribution < -0.4 is 0 Å². The number of thioether (sulfide) groups is 1. The normalized spacial score (nSPS) is 10.4. The van der Waals surface area contributed by atoms with Crippen LogP contribution in [0, 0.1) is 11.8 Å². The van der Waals surface area contributed by atoms with Crippen LogP contribution in [0.4, 0.5) is 0 Å². The molecule has 0 amide bonds. The average molecular weight is 443 g/mol. The standard InChI is InChI=1S/C30H22N2S/c1-5-14-24(15-6-1)16-13-23-33-30-31-28(25-17-7-2-8-18-25)29(26-19-9-3-10-20-26)32(30)27-21-11-4-12-22-27/h1-12,14-15,17-22H,23H2. The van der Waals surface area contributed by atoms with Crippen molar-refractivity contribution in [3.8, 4) is 40.0 Å². The number of hydrogen-bond acceptors (Lipinski definition) is 2. The minimum atomic E-state index is 0.654. The Balaban J connectivity index is 1.62. The molecule has 0 unspecified atom stereocenters. The van der Waals surface area contributed by atoms with Crippen molar-refractivity contribution in [1.82, 2.24) is 9.55 Å². The first-order chi connectivity index (χ1) is 16.4. The number of imidazole rings is 1. The van der Waals surface area contributed by atoms with E-state index in [1.54, 1.807) is 11.8 Å². The van der Waals surface area contributed by atoms with E-state index in [2.05, 4.69) is 89.2 Å². The van der Waals surface area contributed by atoms with E-state index in [4.69, 9.17) is 4.98 Å². The van der Waals surface area contributed by atoms with Crippen molar-refractivity contribution in [2.75, 3.05) is 5.75 Å². The van der Waals surface area contributed by atoms with Gasteiger partial charge in [0.15, 0.2) is 5.16 Å². The highest BCUT2D eigenvalue weighted by molar-refractivity contribution is 7.99. The molecule has 0 aliphatic rings. The lowest BCUT2D eigenvalue weighted by atomic mass is 10.0. The van der Waals surface area contributed by atoms with Gasteiger partial charge in [-0.2, -0.15) is 0 Å². The molecule has 0 bridgehead atoms. The van der Waals surface area contributed by atoms with Gasteiger partial charge in [-0.3, -0.25) is 4.57 Å². The second-order valence-electron chi connectivity index (χ2n) is 7.45. The van der Waals surface area contributed by atoms with Crippen molar-refractivity contribution in [3.05, 3.63) is 127 Å². The molecular formula is C30H22N2S. The van der Waals surface area contributed by atoms with E-state index in [-0.39, 0.29) is 0 Å². The fourth-order valence-corrected chi connectivity index (χ4v) is 4.49. The maximum atomic E-state index is 5.14. The zero-order chi connectivity index (χ0) is 22.3. The van der Waals surface area contributed by atoms with Gasteiger partial charge in [0, 0.05) is 22.4 Å². The number of hydrogen-bond donors (Lipinski definition) is 0. The Morgan fingerprint density at radius 2 is 1.18 bits per heavy atom. The summed E-state index contributed by atoms with van der Waals surface area (Å²) in [5, 5.41) is 0.932. The van der Waals surface area contributed by atoms with E-state index < -0.39 is 0 Å². The van der Waals surface area contributed by atoms with Crippen molar-refractivity contribution < 1.29 is 0 Å². The molecular weight excluding hydrogens is 420 g/mol. The predicted octanol–water partition coefficient (Wildman–Crippen LogP) is 7.35.